The molecule has 1 aromatic carbocycles. The summed E-state index contributed by atoms with van der Waals surface area (Å²) in [6, 6.07) is 18.0. The van der Waals surface area contributed by atoms with Gasteiger partial charge in [-0.3, -0.25) is 9.97 Å². The highest BCUT2D eigenvalue weighted by Gasteiger charge is 2.24. The highest BCUT2D eigenvalue weighted by Crippen LogP contribution is 2.33. The van der Waals surface area contributed by atoms with Crippen LogP contribution in [0, 0.1) is 6.92 Å². The molecule has 1 saturated heterocycles. The Morgan fingerprint density at radius 2 is 2.00 bits per heavy atom. The summed E-state index contributed by atoms with van der Waals surface area (Å²) in [6.45, 7) is 3.73. The number of aryl methyl sites for hydroxylation is 1. The average Bonchev–Trinajstić information content (AvgIpc) is 3.64. The third-order valence-electron chi connectivity index (χ3n) is 6.45. The monoisotopic (exact) mass is 495 g/mol. The number of carbonyl (C=O) groups is 1. The van der Waals surface area contributed by atoms with E-state index in [4.69, 9.17) is 4.74 Å². The van der Waals surface area contributed by atoms with Gasteiger partial charge in [-0.25, -0.2) is 9.78 Å². The van der Waals surface area contributed by atoms with Crippen molar-refractivity contribution < 1.29 is 9.53 Å². The zero-order valence-corrected chi connectivity index (χ0v) is 20.9. The van der Waals surface area contributed by atoms with Gasteiger partial charge in [0.05, 0.1) is 28.9 Å². The second-order valence-corrected chi connectivity index (χ2v) is 10.2. The molecule has 5 aromatic rings. The van der Waals surface area contributed by atoms with E-state index in [0.717, 1.165) is 69.2 Å². The number of hydrogen-bond acceptors (Lipinski definition) is 7. The molecule has 4 aromatic heterocycles. The van der Waals surface area contributed by atoms with Crippen molar-refractivity contribution in [2.24, 2.45) is 0 Å². The fourth-order valence-electron chi connectivity index (χ4n) is 4.61. The molecule has 0 aliphatic carbocycles. The zero-order chi connectivity index (χ0) is 24.6. The summed E-state index contributed by atoms with van der Waals surface area (Å²) >= 11 is 1.44. The van der Waals surface area contributed by atoms with Gasteiger partial charge in [-0.2, -0.15) is 0 Å². The first kappa shape index (κ1) is 22.6. The van der Waals surface area contributed by atoms with Crippen LogP contribution in [0.1, 0.15) is 21.8 Å². The molecule has 1 N–H and O–H groups in total. The molecular weight excluding hydrogens is 470 g/mol. The Hall–Kier alpha value is -3.88. The van der Waals surface area contributed by atoms with Gasteiger partial charge in [-0.1, -0.05) is 12.1 Å². The number of likely N-dealkylation sites (tertiary alicyclic amines) is 1. The molecule has 7 nitrogen and oxygen atoms in total. The number of hydrogen-bond donors (Lipinski definition) is 1. The molecule has 1 aliphatic rings. The first-order chi connectivity index (χ1) is 17.5. The number of carbonyl (C=O) groups excluding carboxylic acids is 1. The quantitative estimate of drug-likeness (QED) is 0.320. The van der Waals surface area contributed by atoms with Gasteiger partial charge in [0.15, 0.2) is 0 Å². The number of aromatic amines is 1. The number of rotatable bonds is 5. The SMILES string of the molecule is Cc1cccc(-c2[nH]cnc2-c2ccc3ncc(-c4ccc(C(=O)OC5CCN(C)C5)s4)cc3c2)n1. The first-order valence-electron chi connectivity index (χ1n) is 11.9. The van der Waals surface area contributed by atoms with E-state index in [1.54, 1.807) is 6.33 Å². The Kier molecular flexibility index (Phi) is 5.83. The van der Waals surface area contributed by atoms with Gasteiger partial charge >= 0.3 is 5.97 Å². The molecule has 5 heterocycles. The van der Waals surface area contributed by atoms with Crippen molar-refractivity contribution in [3.63, 3.8) is 0 Å². The highest BCUT2D eigenvalue weighted by molar-refractivity contribution is 7.17. The summed E-state index contributed by atoms with van der Waals surface area (Å²) in [6.07, 6.45) is 4.40. The maximum atomic E-state index is 12.6. The van der Waals surface area contributed by atoms with E-state index in [0.29, 0.717) is 4.88 Å². The number of likely N-dealkylation sites (N-methyl/N-ethyl adjacent to an activating group) is 1. The van der Waals surface area contributed by atoms with E-state index in [2.05, 4.69) is 37.0 Å². The van der Waals surface area contributed by atoms with Crippen molar-refractivity contribution in [3.8, 4) is 33.1 Å². The number of H-pyrrole nitrogens is 1. The van der Waals surface area contributed by atoms with Crippen LogP contribution in [0.15, 0.2) is 67.1 Å². The Morgan fingerprint density at radius 1 is 1.11 bits per heavy atom. The van der Waals surface area contributed by atoms with E-state index >= 15 is 0 Å². The maximum absolute atomic E-state index is 12.6. The molecule has 1 unspecified atom stereocenters. The second-order valence-electron chi connectivity index (χ2n) is 9.16. The topological polar surface area (TPSA) is 84.0 Å². The lowest BCUT2D eigenvalue weighted by atomic mass is 10.0. The number of benzene rings is 1. The summed E-state index contributed by atoms with van der Waals surface area (Å²) in [5.41, 5.74) is 6.39. The molecule has 1 atom stereocenters. The summed E-state index contributed by atoms with van der Waals surface area (Å²) in [5.74, 6) is -0.251. The number of nitrogens with zero attached hydrogens (tertiary/aromatic N) is 4. The van der Waals surface area contributed by atoms with Gasteiger partial charge in [0.1, 0.15) is 11.0 Å². The van der Waals surface area contributed by atoms with Gasteiger partial charge < -0.3 is 14.6 Å². The molecule has 36 heavy (non-hydrogen) atoms. The Morgan fingerprint density at radius 3 is 2.83 bits per heavy atom. The standard InChI is InChI=1S/C28H25N5O2S/c1-17-4-3-5-23(32-17)27-26(30-16-31-27)18-6-7-22-19(12-18)13-20(14-29-22)24-8-9-25(36-24)28(34)35-21-10-11-33(2)15-21/h3-9,12-14,16,21H,10-11,15H2,1-2H3,(H,30,31). The molecule has 0 bridgehead atoms. The van der Waals surface area contributed by atoms with Crippen LogP contribution in [0.2, 0.25) is 0 Å². The molecule has 8 heteroatoms. The molecule has 180 valence electrons. The summed E-state index contributed by atoms with van der Waals surface area (Å²) in [4.78, 5) is 33.6. The van der Waals surface area contributed by atoms with Crippen LogP contribution < -0.4 is 0 Å². The van der Waals surface area contributed by atoms with Crippen LogP contribution in [0.25, 0.3) is 44.0 Å². The Bertz CT molecular complexity index is 1570. The lowest BCUT2D eigenvalue weighted by molar-refractivity contribution is 0.0333. The predicted octanol–water partition coefficient (Wildman–Crippen LogP) is 5.58. The largest absolute Gasteiger partial charge is 0.457 e. The molecule has 1 fully saturated rings. The molecule has 0 saturated carbocycles. The summed E-state index contributed by atoms with van der Waals surface area (Å²) < 4.78 is 5.70. The average molecular weight is 496 g/mol. The lowest BCUT2D eigenvalue weighted by Gasteiger charge is -2.11. The first-order valence-corrected chi connectivity index (χ1v) is 12.7. The van der Waals surface area contributed by atoms with Gasteiger partial charge in [0.2, 0.25) is 0 Å². The molecule has 0 spiro atoms. The van der Waals surface area contributed by atoms with Gasteiger partial charge in [0, 0.05) is 46.4 Å². The molecule has 1 aliphatic heterocycles. The minimum absolute atomic E-state index is 0.0317. The molecule has 0 amide bonds. The number of aromatic nitrogens is 4. The van der Waals surface area contributed by atoms with E-state index in [9.17, 15) is 4.79 Å². The van der Waals surface area contributed by atoms with Gasteiger partial charge in [0.25, 0.3) is 0 Å². The minimum atomic E-state index is -0.251. The minimum Gasteiger partial charge on any atom is -0.457 e. The number of nitrogens with one attached hydrogen (secondary N) is 1. The lowest BCUT2D eigenvalue weighted by Crippen LogP contribution is -2.21. The Balaban J connectivity index is 1.29. The van der Waals surface area contributed by atoms with Crippen molar-refractivity contribution in [1.82, 2.24) is 24.8 Å². The third-order valence-corrected chi connectivity index (χ3v) is 7.57. The van der Waals surface area contributed by atoms with Crippen molar-refractivity contribution >= 4 is 28.2 Å². The van der Waals surface area contributed by atoms with Crippen LogP contribution in [-0.2, 0) is 4.74 Å². The van der Waals surface area contributed by atoms with Crippen LogP contribution in [0.4, 0.5) is 0 Å². The number of pyridine rings is 2. The number of esters is 1. The van der Waals surface area contributed by atoms with Crippen LogP contribution >= 0.6 is 11.3 Å². The smallest absolute Gasteiger partial charge is 0.348 e. The van der Waals surface area contributed by atoms with E-state index in [-0.39, 0.29) is 12.1 Å². The van der Waals surface area contributed by atoms with Crippen molar-refractivity contribution in [2.75, 3.05) is 20.1 Å². The number of imidazole rings is 1. The predicted molar refractivity (Wildman–Crippen MR) is 142 cm³/mol. The number of ether oxygens (including phenoxy) is 1. The highest BCUT2D eigenvalue weighted by atomic mass is 32.1. The second kappa shape index (κ2) is 9.29. The normalized spacial score (nSPS) is 16.0. The zero-order valence-electron chi connectivity index (χ0n) is 20.1. The van der Waals surface area contributed by atoms with Gasteiger partial charge in [-0.15, -0.1) is 11.3 Å². The summed E-state index contributed by atoms with van der Waals surface area (Å²) in [5, 5.41) is 1.00. The molecular formula is C28H25N5O2S. The third kappa shape index (κ3) is 4.41. The fraction of sp³-hybridized carbons (Fsp3) is 0.214. The fourth-order valence-corrected chi connectivity index (χ4v) is 5.48. The maximum Gasteiger partial charge on any atom is 0.348 e. The van der Waals surface area contributed by atoms with Crippen LogP contribution in [-0.4, -0.2) is 57.0 Å². The van der Waals surface area contributed by atoms with E-state index < -0.39 is 0 Å². The summed E-state index contributed by atoms with van der Waals surface area (Å²) in [7, 11) is 2.04. The van der Waals surface area contributed by atoms with Gasteiger partial charge in [-0.05, 0) is 62.9 Å². The molecule has 0 radical (unpaired) electrons. The van der Waals surface area contributed by atoms with Crippen LogP contribution in [0.5, 0.6) is 0 Å². The Labute approximate surface area is 212 Å². The van der Waals surface area contributed by atoms with Crippen molar-refractivity contribution in [3.05, 3.63) is 77.7 Å². The molecule has 6 rings (SSSR count). The number of fused-ring (bicyclic) bond motifs is 1. The van der Waals surface area contributed by atoms with E-state index in [1.165, 1.54) is 11.3 Å². The van der Waals surface area contributed by atoms with E-state index in [1.807, 2.05) is 62.6 Å². The van der Waals surface area contributed by atoms with Crippen LogP contribution in [0.3, 0.4) is 0 Å². The number of thiophene rings is 1. The van der Waals surface area contributed by atoms with Crippen molar-refractivity contribution in [1.29, 1.82) is 0 Å². The van der Waals surface area contributed by atoms with Crippen molar-refractivity contribution in [2.45, 2.75) is 19.4 Å².